The molecule has 2 N–H and O–H groups in total. The molecule has 0 aliphatic carbocycles. The van der Waals surface area contributed by atoms with Crippen LogP contribution in [-0.2, 0) is 4.79 Å². The molecular formula is C21H41N5O. The summed E-state index contributed by atoms with van der Waals surface area (Å²) in [6.07, 6.45) is 6.47. The Hall–Kier alpha value is -1.30. The second kappa shape index (κ2) is 12.2. The zero-order valence-corrected chi connectivity index (χ0v) is 17.8. The molecule has 0 saturated carbocycles. The van der Waals surface area contributed by atoms with E-state index < -0.39 is 0 Å². The van der Waals surface area contributed by atoms with Crippen molar-refractivity contribution in [1.29, 1.82) is 0 Å². The monoisotopic (exact) mass is 379 g/mol. The fourth-order valence-electron chi connectivity index (χ4n) is 4.38. The van der Waals surface area contributed by atoms with E-state index >= 15 is 0 Å². The van der Waals surface area contributed by atoms with Crippen molar-refractivity contribution in [3.05, 3.63) is 0 Å². The van der Waals surface area contributed by atoms with Crippen molar-refractivity contribution in [2.24, 2.45) is 16.8 Å². The van der Waals surface area contributed by atoms with Crippen molar-refractivity contribution in [3.8, 4) is 0 Å². The zero-order valence-electron chi connectivity index (χ0n) is 17.8. The highest BCUT2D eigenvalue weighted by atomic mass is 16.2. The fraction of sp³-hybridized carbons (Fsp3) is 0.905. The van der Waals surface area contributed by atoms with Gasteiger partial charge in [-0.1, -0.05) is 13.8 Å². The number of carbonyl (C=O) groups excluding carboxylic acids is 1. The molecule has 2 rings (SSSR count). The van der Waals surface area contributed by atoms with E-state index in [4.69, 9.17) is 0 Å². The number of carbonyl (C=O) groups is 1. The number of guanidine groups is 1. The minimum absolute atomic E-state index is 0.307. The Morgan fingerprint density at radius 3 is 2.56 bits per heavy atom. The molecule has 0 bridgehead atoms. The van der Waals surface area contributed by atoms with E-state index in [0.717, 1.165) is 69.8 Å². The summed E-state index contributed by atoms with van der Waals surface area (Å²) in [5.41, 5.74) is 0. The lowest BCUT2D eigenvalue weighted by atomic mass is 9.92. The van der Waals surface area contributed by atoms with Gasteiger partial charge in [0.15, 0.2) is 5.96 Å². The SMILES string of the molecule is CCNC(=NCCCN1CCCC1=O)NCCCCN1CC(C)CC(C)C1. The van der Waals surface area contributed by atoms with Gasteiger partial charge >= 0.3 is 0 Å². The van der Waals surface area contributed by atoms with Gasteiger partial charge in [0.05, 0.1) is 0 Å². The first kappa shape index (κ1) is 22.0. The normalized spacial score (nSPS) is 24.5. The standard InChI is InChI=1S/C21H41N5O/c1-4-22-21(24-11-8-14-26-13-7-9-20(26)27)23-10-5-6-12-25-16-18(2)15-19(3)17-25/h18-19H,4-17H2,1-3H3,(H2,22,23,24). The maximum atomic E-state index is 11.6. The van der Waals surface area contributed by atoms with Crippen molar-refractivity contribution in [1.82, 2.24) is 20.4 Å². The molecule has 2 saturated heterocycles. The lowest BCUT2D eigenvalue weighted by Gasteiger charge is -2.34. The van der Waals surface area contributed by atoms with Crippen LogP contribution in [0.3, 0.4) is 0 Å². The van der Waals surface area contributed by atoms with E-state index in [1.807, 2.05) is 4.90 Å². The van der Waals surface area contributed by atoms with Crippen LogP contribution in [0.1, 0.15) is 59.3 Å². The summed E-state index contributed by atoms with van der Waals surface area (Å²) in [6.45, 7) is 15.0. The Morgan fingerprint density at radius 2 is 1.89 bits per heavy atom. The fourth-order valence-corrected chi connectivity index (χ4v) is 4.38. The van der Waals surface area contributed by atoms with Crippen LogP contribution in [0.2, 0.25) is 0 Å². The van der Waals surface area contributed by atoms with Crippen LogP contribution in [0.15, 0.2) is 4.99 Å². The molecule has 2 fully saturated rings. The van der Waals surface area contributed by atoms with Gasteiger partial charge in [-0.25, -0.2) is 0 Å². The maximum Gasteiger partial charge on any atom is 0.222 e. The number of hydrogen-bond donors (Lipinski definition) is 2. The molecule has 2 unspecified atom stereocenters. The molecule has 2 aliphatic heterocycles. The van der Waals surface area contributed by atoms with Crippen LogP contribution in [-0.4, -0.2) is 74.0 Å². The van der Waals surface area contributed by atoms with Crippen LogP contribution in [0.4, 0.5) is 0 Å². The quantitative estimate of drug-likeness (QED) is 0.347. The second-order valence-corrected chi connectivity index (χ2v) is 8.44. The third kappa shape index (κ3) is 8.50. The van der Waals surface area contributed by atoms with E-state index in [9.17, 15) is 4.79 Å². The Morgan fingerprint density at radius 1 is 1.11 bits per heavy atom. The molecule has 0 aromatic rings. The number of likely N-dealkylation sites (tertiary alicyclic amines) is 2. The summed E-state index contributed by atoms with van der Waals surface area (Å²) >= 11 is 0. The lowest BCUT2D eigenvalue weighted by molar-refractivity contribution is -0.127. The number of rotatable bonds is 10. The van der Waals surface area contributed by atoms with Crippen LogP contribution in [0, 0.1) is 11.8 Å². The minimum atomic E-state index is 0.307. The molecule has 0 radical (unpaired) electrons. The molecule has 0 aromatic heterocycles. The van der Waals surface area contributed by atoms with E-state index in [2.05, 4.69) is 41.3 Å². The van der Waals surface area contributed by atoms with E-state index in [1.165, 1.54) is 38.9 Å². The molecule has 0 spiro atoms. The average molecular weight is 380 g/mol. The highest BCUT2D eigenvalue weighted by Crippen LogP contribution is 2.20. The van der Waals surface area contributed by atoms with Gasteiger partial charge < -0.3 is 20.4 Å². The van der Waals surface area contributed by atoms with Gasteiger partial charge in [-0.2, -0.15) is 0 Å². The average Bonchev–Trinajstić information content (AvgIpc) is 3.02. The number of nitrogens with zero attached hydrogens (tertiary/aromatic N) is 3. The Kier molecular flexibility index (Phi) is 9.95. The summed E-state index contributed by atoms with van der Waals surface area (Å²) in [5.74, 6) is 2.90. The molecule has 6 heteroatoms. The summed E-state index contributed by atoms with van der Waals surface area (Å²) in [7, 11) is 0. The van der Waals surface area contributed by atoms with Crippen molar-refractivity contribution < 1.29 is 4.79 Å². The van der Waals surface area contributed by atoms with Gasteiger partial charge in [0.1, 0.15) is 0 Å². The first-order valence-corrected chi connectivity index (χ1v) is 11.1. The molecule has 2 heterocycles. The van der Waals surface area contributed by atoms with Crippen LogP contribution < -0.4 is 10.6 Å². The second-order valence-electron chi connectivity index (χ2n) is 8.44. The topological polar surface area (TPSA) is 60.0 Å². The zero-order chi connectivity index (χ0) is 19.5. The predicted octanol–water partition coefficient (Wildman–Crippen LogP) is 2.31. The number of aliphatic imine (C=N–C) groups is 1. The van der Waals surface area contributed by atoms with Crippen molar-refractivity contribution >= 4 is 11.9 Å². The molecular weight excluding hydrogens is 338 g/mol. The van der Waals surface area contributed by atoms with E-state index in [0.29, 0.717) is 5.91 Å². The van der Waals surface area contributed by atoms with Crippen LogP contribution >= 0.6 is 0 Å². The smallest absolute Gasteiger partial charge is 0.222 e. The van der Waals surface area contributed by atoms with E-state index in [-0.39, 0.29) is 0 Å². The van der Waals surface area contributed by atoms with E-state index in [1.54, 1.807) is 0 Å². The summed E-state index contributed by atoms with van der Waals surface area (Å²) in [5, 5.41) is 6.77. The van der Waals surface area contributed by atoms with Gasteiger partial charge in [-0.3, -0.25) is 9.79 Å². The van der Waals surface area contributed by atoms with Gasteiger partial charge in [0.25, 0.3) is 0 Å². The van der Waals surface area contributed by atoms with Gasteiger partial charge in [0.2, 0.25) is 5.91 Å². The first-order valence-electron chi connectivity index (χ1n) is 11.1. The number of hydrogen-bond acceptors (Lipinski definition) is 3. The molecule has 0 aromatic carbocycles. The third-order valence-electron chi connectivity index (χ3n) is 5.51. The Balaban J connectivity index is 1.57. The van der Waals surface area contributed by atoms with Crippen molar-refractivity contribution in [2.75, 3.05) is 52.4 Å². The van der Waals surface area contributed by atoms with Gasteiger partial charge in [-0.05, 0) is 57.4 Å². The van der Waals surface area contributed by atoms with Crippen molar-refractivity contribution in [3.63, 3.8) is 0 Å². The van der Waals surface area contributed by atoms with Crippen LogP contribution in [0.5, 0.6) is 0 Å². The summed E-state index contributed by atoms with van der Waals surface area (Å²) in [6, 6.07) is 0. The molecule has 27 heavy (non-hydrogen) atoms. The summed E-state index contributed by atoms with van der Waals surface area (Å²) < 4.78 is 0. The number of piperidine rings is 1. The number of nitrogens with one attached hydrogen (secondary N) is 2. The molecule has 2 atom stereocenters. The largest absolute Gasteiger partial charge is 0.357 e. The van der Waals surface area contributed by atoms with Gasteiger partial charge in [-0.15, -0.1) is 0 Å². The number of unbranched alkanes of at least 4 members (excludes halogenated alkanes) is 1. The summed E-state index contributed by atoms with van der Waals surface area (Å²) in [4.78, 5) is 20.9. The lowest BCUT2D eigenvalue weighted by Crippen LogP contribution is -2.40. The Bertz CT molecular complexity index is 457. The molecule has 156 valence electrons. The first-order chi connectivity index (χ1) is 13.1. The molecule has 6 nitrogen and oxygen atoms in total. The number of amides is 1. The molecule has 2 aliphatic rings. The van der Waals surface area contributed by atoms with Crippen LogP contribution in [0.25, 0.3) is 0 Å². The Labute approximate surface area is 166 Å². The maximum absolute atomic E-state index is 11.6. The van der Waals surface area contributed by atoms with Crippen molar-refractivity contribution in [2.45, 2.75) is 59.3 Å². The highest BCUT2D eigenvalue weighted by molar-refractivity contribution is 5.79. The highest BCUT2D eigenvalue weighted by Gasteiger charge is 2.21. The van der Waals surface area contributed by atoms with Gasteiger partial charge in [0, 0.05) is 52.2 Å². The molecule has 1 amide bonds. The minimum Gasteiger partial charge on any atom is -0.357 e. The predicted molar refractivity (Wildman–Crippen MR) is 113 cm³/mol. The third-order valence-corrected chi connectivity index (χ3v) is 5.51.